The lowest BCUT2D eigenvalue weighted by Crippen LogP contribution is -2.28. The summed E-state index contributed by atoms with van der Waals surface area (Å²) in [6.07, 6.45) is 3.96. The van der Waals surface area contributed by atoms with Gasteiger partial charge in [-0.25, -0.2) is 5.43 Å². The van der Waals surface area contributed by atoms with Crippen LogP contribution in [0.25, 0.3) is 0 Å². The molecule has 0 aliphatic heterocycles. The zero-order chi connectivity index (χ0) is 17.5. The van der Waals surface area contributed by atoms with Crippen molar-refractivity contribution < 1.29 is 9.53 Å². The number of rotatable bonds is 6. The minimum atomic E-state index is -0.196. The molecule has 0 saturated carbocycles. The first-order valence-corrected chi connectivity index (χ1v) is 8.06. The molecule has 1 atom stereocenters. The molecule has 0 bridgehead atoms. The Balaban J connectivity index is 1.91. The Morgan fingerprint density at radius 1 is 1.42 bits per heavy atom. The number of carbonyl (C=O) groups excluding carboxylic acids is 1. The van der Waals surface area contributed by atoms with Crippen LogP contribution in [-0.4, -0.2) is 25.3 Å². The SMILES string of the molecule is C=C(C)C1CC=C(C)C(=NNC(=O)CNc2ccccc2OC)C1. The van der Waals surface area contributed by atoms with Crippen LogP contribution < -0.4 is 15.5 Å². The largest absolute Gasteiger partial charge is 0.495 e. The average Bonchev–Trinajstić information content (AvgIpc) is 2.59. The standard InChI is InChI=1S/C19H25N3O2/c1-13(2)15-10-9-14(3)17(11-15)21-22-19(23)12-20-16-7-5-6-8-18(16)24-4/h5-9,15,20H,1,10-12H2,2-4H3,(H,22,23). The molecule has 0 saturated heterocycles. The van der Waals surface area contributed by atoms with Crippen LogP contribution in [0, 0.1) is 5.92 Å². The number of ether oxygens (including phenoxy) is 1. The van der Waals surface area contributed by atoms with Gasteiger partial charge in [-0.3, -0.25) is 4.79 Å². The third-order valence-corrected chi connectivity index (χ3v) is 4.16. The van der Waals surface area contributed by atoms with E-state index in [1.807, 2.05) is 38.1 Å². The van der Waals surface area contributed by atoms with Gasteiger partial charge in [-0.1, -0.05) is 30.4 Å². The van der Waals surface area contributed by atoms with E-state index in [1.165, 1.54) is 0 Å². The molecule has 1 aliphatic carbocycles. The number of para-hydroxylation sites is 2. The van der Waals surface area contributed by atoms with Crippen molar-refractivity contribution in [2.75, 3.05) is 19.0 Å². The van der Waals surface area contributed by atoms with Gasteiger partial charge in [0.1, 0.15) is 5.75 Å². The van der Waals surface area contributed by atoms with Crippen LogP contribution in [0.4, 0.5) is 5.69 Å². The molecule has 0 heterocycles. The first-order valence-electron chi connectivity index (χ1n) is 8.06. The Morgan fingerprint density at radius 2 is 2.17 bits per heavy atom. The number of methoxy groups -OCH3 is 1. The maximum absolute atomic E-state index is 12.0. The van der Waals surface area contributed by atoms with E-state index < -0.39 is 0 Å². The lowest BCUT2D eigenvalue weighted by Gasteiger charge is -2.22. The molecule has 2 N–H and O–H groups in total. The molecule has 1 aliphatic rings. The van der Waals surface area contributed by atoms with Crippen LogP contribution in [0.5, 0.6) is 5.75 Å². The predicted octanol–water partition coefficient (Wildman–Crippen LogP) is 3.51. The first kappa shape index (κ1) is 17.8. The minimum Gasteiger partial charge on any atom is -0.495 e. The number of hydrazone groups is 1. The van der Waals surface area contributed by atoms with Gasteiger partial charge in [-0.05, 0) is 50.3 Å². The zero-order valence-electron chi connectivity index (χ0n) is 14.6. The number of amides is 1. The number of hydrogen-bond donors (Lipinski definition) is 2. The van der Waals surface area contributed by atoms with E-state index in [2.05, 4.69) is 28.5 Å². The third-order valence-electron chi connectivity index (χ3n) is 4.16. The molecule has 2 rings (SSSR count). The van der Waals surface area contributed by atoms with Crippen molar-refractivity contribution in [2.24, 2.45) is 11.0 Å². The Morgan fingerprint density at radius 3 is 2.88 bits per heavy atom. The van der Waals surface area contributed by atoms with E-state index in [1.54, 1.807) is 7.11 Å². The highest BCUT2D eigenvalue weighted by molar-refractivity contribution is 6.01. The Bertz CT molecular complexity index is 677. The van der Waals surface area contributed by atoms with Gasteiger partial charge < -0.3 is 10.1 Å². The molecule has 5 nitrogen and oxygen atoms in total. The highest BCUT2D eigenvalue weighted by atomic mass is 16.5. The molecule has 0 radical (unpaired) electrons. The van der Waals surface area contributed by atoms with Crippen molar-refractivity contribution >= 4 is 17.3 Å². The average molecular weight is 327 g/mol. The van der Waals surface area contributed by atoms with Crippen LogP contribution in [0.1, 0.15) is 26.7 Å². The van der Waals surface area contributed by atoms with Gasteiger partial charge >= 0.3 is 0 Å². The molecule has 0 aromatic heterocycles. The van der Waals surface area contributed by atoms with Crippen LogP contribution in [0.15, 0.2) is 53.2 Å². The molecular weight excluding hydrogens is 302 g/mol. The molecule has 24 heavy (non-hydrogen) atoms. The van der Waals surface area contributed by atoms with Crippen molar-refractivity contribution in [2.45, 2.75) is 26.7 Å². The molecule has 1 amide bonds. The van der Waals surface area contributed by atoms with Crippen LogP contribution in [-0.2, 0) is 4.79 Å². The summed E-state index contributed by atoms with van der Waals surface area (Å²) >= 11 is 0. The fourth-order valence-electron chi connectivity index (χ4n) is 2.56. The maximum atomic E-state index is 12.0. The normalized spacial score (nSPS) is 18.7. The highest BCUT2D eigenvalue weighted by Crippen LogP contribution is 2.26. The Kier molecular flexibility index (Phi) is 6.18. The second kappa shape index (κ2) is 8.34. The van der Waals surface area contributed by atoms with Crippen molar-refractivity contribution in [1.82, 2.24) is 5.43 Å². The van der Waals surface area contributed by atoms with Gasteiger partial charge in [0.05, 0.1) is 25.1 Å². The fourth-order valence-corrected chi connectivity index (χ4v) is 2.56. The molecule has 1 aromatic rings. The van der Waals surface area contributed by atoms with E-state index in [4.69, 9.17) is 4.74 Å². The quantitative estimate of drug-likeness (QED) is 0.621. The molecule has 0 spiro atoms. The number of hydrogen-bond acceptors (Lipinski definition) is 4. The number of benzene rings is 1. The number of carbonyl (C=O) groups is 1. The lowest BCUT2D eigenvalue weighted by molar-refractivity contribution is -0.119. The Labute approximate surface area is 143 Å². The van der Waals surface area contributed by atoms with E-state index in [0.717, 1.165) is 35.4 Å². The lowest BCUT2D eigenvalue weighted by atomic mass is 9.85. The summed E-state index contributed by atoms with van der Waals surface area (Å²) in [5.74, 6) is 0.904. The van der Waals surface area contributed by atoms with Crippen molar-refractivity contribution in [3.8, 4) is 5.75 Å². The molecule has 1 aromatic carbocycles. The predicted molar refractivity (Wildman–Crippen MR) is 98.4 cm³/mol. The number of nitrogens with zero attached hydrogens (tertiary/aromatic N) is 1. The zero-order valence-corrected chi connectivity index (χ0v) is 14.6. The van der Waals surface area contributed by atoms with Gasteiger partial charge in [0.15, 0.2) is 0 Å². The summed E-state index contributed by atoms with van der Waals surface area (Å²) < 4.78 is 5.24. The molecule has 1 unspecified atom stereocenters. The first-order chi connectivity index (χ1) is 11.5. The monoisotopic (exact) mass is 327 g/mol. The van der Waals surface area contributed by atoms with Crippen molar-refractivity contribution in [3.05, 3.63) is 48.1 Å². The summed E-state index contributed by atoms with van der Waals surface area (Å²) in [6.45, 7) is 8.20. The molecular formula is C19H25N3O2. The second-order valence-electron chi connectivity index (χ2n) is 6.02. The van der Waals surface area contributed by atoms with E-state index in [-0.39, 0.29) is 12.5 Å². The maximum Gasteiger partial charge on any atom is 0.259 e. The van der Waals surface area contributed by atoms with Crippen LogP contribution in [0.3, 0.4) is 0 Å². The van der Waals surface area contributed by atoms with E-state index in [0.29, 0.717) is 11.7 Å². The van der Waals surface area contributed by atoms with Crippen LogP contribution >= 0.6 is 0 Å². The van der Waals surface area contributed by atoms with Gasteiger partial charge in [-0.2, -0.15) is 5.10 Å². The minimum absolute atomic E-state index is 0.129. The third kappa shape index (κ3) is 4.72. The molecule has 128 valence electrons. The second-order valence-corrected chi connectivity index (χ2v) is 6.02. The highest BCUT2D eigenvalue weighted by Gasteiger charge is 2.18. The fraction of sp³-hybridized carbons (Fsp3) is 0.368. The van der Waals surface area contributed by atoms with Gasteiger partial charge in [0.25, 0.3) is 5.91 Å². The van der Waals surface area contributed by atoms with Crippen molar-refractivity contribution in [1.29, 1.82) is 0 Å². The van der Waals surface area contributed by atoms with Gasteiger partial charge in [-0.15, -0.1) is 0 Å². The summed E-state index contributed by atoms with van der Waals surface area (Å²) in [6, 6.07) is 7.47. The summed E-state index contributed by atoms with van der Waals surface area (Å²) in [7, 11) is 1.60. The summed E-state index contributed by atoms with van der Waals surface area (Å²) in [4.78, 5) is 12.0. The summed E-state index contributed by atoms with van der Waals surface area (Å²) in [5, 5.41) is 7.34. The van der Waals surface area contributed by atoms with Crippen LogP contribution in [0.2, 0.25) is 0 Å². The number of anilines is 1. The molecule has 0 fully saturated rings. The van der Waals surface area contributed by atoms with Crippen molar-refractivity contribution in [3.63, 3.8) is 0 Å². The summed E-state index contributed by atoms with van der Waals surface area (Å²) in [5.41, 5.74) is 6.58. The number of allylic oxidation sites excluding steroid dienone is 3. The van der Waals surface area contributed by atoms with E-state index in [9.17, 15) is 4.79 Å². The molecule has 5 heteroatoms. The van der Waals surface area contributed by atoms with E-state index >= 15 is 0 Å². The number of nitrogens with one attached hydrogen (secondary N) is 2. The smallest absolute Gasteiger partial charge is 0.259 e. The Hall–Kier alpha value is -2.56. The van der Waals surface area contributed by atoms with Gasteiger partial charge in [0.2, 0.25) is 0 Å². The topological polar surface area (TPSA) is 62.7 Å². The van der Waals surface area contributed by atoms with Gasteiger partial charge in [0, 0.05) is 0 Å².